The molecule has 3 aromatic rings. The fourth-order valence-electron chi connectivity index (χ4n) is 4.02. The maximum absolute atomic E-state index is 12.8. The van der Waals surface area contributed by atoms with Gasteiger partial charge >= 0.3 is 0 Å². The van der Waals surface area contributed by atoms with E-state index in [0.717, 1.165) is 16.3 Å². The molecule has 0 atom stereocenters. The van der Waals surface area contributed by atoms with Crippen LogP contribution in [-0.2, 0) is 16.0 Å². The number of rotatable bonds is 5. The highest BCUT2D eigenvalue weighted by Gasteiger charge is 2.28. The lowest BCUT2D eigenvalue weighted by molar-refractivity contribution is -0.133. The minimum absolute atomic E-state index is 0.0284. The van der Waals surface area contributed by atoms with E-state index in [-0.39, 0.29) is 30.9 Å². The van der Waals surface area contributed by atoms with Crippen LogP contribution in [0.15, 0.2) is 47.8 Å². The van der Waals surface area contributed by atoms with Gasteiger partial charge in [0, 0.05) is 41.7 Å². The first-order valence-electron chi connectivity index (χ1n) is 10.7. The summed E-state index contributed by atoms with van der Waals surface area (Å²) in [5, 5.41) is 6.31. The van der Waals surface area contributed by atoms with Crippen LogP contribution in [0.5, 0.6) is 11.5 Å². The molecule has 2 aliphatic heterocycles. The molecule has 3 heterocycles. The molecule has 7 nitrogen and oxygen atoms in total. The van der Waals surface area contributed by atoms with Crippen LogP contribution in [0.2, 0.25) is 5.02 Å². The molecule has 0 radical (unpaired) electrons. The molecule has 2 aromatic carbocycles. The minimum Gasteiger partial charge on any atom is -0.454 e. The van der Waals surface area contributed by atoms with Gasteiger partial charge in [-0.3, -0.25) is 9.59 Å². The second-order valence-corrected chi connectivity index (χ2v) is 9.28. The summed E-state index contributed by atoms with van der Waals surface area (Å²) in [6, 6.07) is 12.9. The summed E-state index contributed by atoms with van der Waals surface area (Å²) in [5.41, 5.74) is 2.29. The highest BCUT2D eigenvalue weighted by molar-refractivity contribution is 7.13. The van der Waals surface area contributed by atoms with E-state index < -0.39 is 0 Å². The summed E-state index contributed by atoms with van der Waals surface area (Å²) in [7, 11) is 0. The Morgan fingerprint density at radius 2 is 1.91 bits per heavy atom. The molecule has 1 fully saturated rings. The van der Waals surface area contributed by atoms with Gasteiger partial charge in [-0.15, -0.1) is 11.3 Å². The van der Waals surface area contributed by atoms with E-state index >= 15 is 0 Å². The Morgan fingerprint density at radius 3 is 2.73 bits per heavy atom. The maximum Gasteiger partial charge on any atom is 0.231 e. The van der Waals surface area contributed by atoms with Crippen LogP contribution in [0.3, 0.4) is 0 Å². The third-order valence-corrected chi connectivity index (χ3v) is 7.10. The van der Waals surface area contributed by atoms with Gasteiger partial charge < -0.3 is 19.7 Å². The smallest absolute Gasteiger partial charge is 0.231 e. The van der Waals surface area contributed by atoms with Gasteiger partial charge in [-0.1, -0.05) is 29.8 Å². The number of benzene rings is 2. The fourth-order valence-corrected chi connectivity index (χ4v) is 5.16. The zero-order valence-corrected chi connectivity index (χ0v) is 19.3. The van der Waals surface area contributed by atoms with Crippen molar-refractivity contribution in [3.8, 4) is 22.1 Å². The Morgan fingerprint density at radius 1 is 1.12 bits per heavy atom. The molecular formula is C24H22ClN3O4S. The zero-order valence-electron chi connectivity index (χ0n) is 17.8. The molecule has 0 aliphatic carbocycles. The normalized spacial score (nSPS) is 15.5. The van der Waals surface area contributed by atoms with E-state index in [4.69, 9.17) is 21.1 Å². The van der Waals surface area contributed by atoms with E-state index in [1.54, 1.807) is 18.2 Å². The first-order valence-corrected chi connectivity index (χ1v) is 12.0. The third kappa shape index (κ3) is 4.82. The van der Waals surface area contributed by atoms with Crippen LogP contribution < -0.4 is 14.8 Å². The first-order chi connectivity index (χ1) is 16.1. The van der Waals surface area contributed by atoms with Crippen LogP contribution in [0.4, 0.5) is 5.69 Å². The number of nitrogens with zero attached hydrogens (tertiary/aromatic N) is 2. The number of carbonyl (C=O) groups excluding carboxylic acids is 2. The number of halogens is 1. The number of thiazole rings is 1. The lowest BCUT2D eigenvalue weighted by atomic mass is 9.95. The third-order valence-electron chi connectivity index (χ3n) is 5.85. The lowest BCUT2D eigenvalue weighted by Gasteiger charge is -2.31. The van der Waals surface area contributed by atoms with E-state index in [1.165, 1.54) is 11.3 Å². The van der Waals surface area contributed by atoms with Crippen LogP contribution in [-0.4, -0.2) is 41.6 Å². The largest absolute Gasteiger partial charge is 0.454 e. The summed E-state index contributed by atoms with van der Waals surface area (Å²) in [6.45, 7) is 1.31. The van der Waals surface area contributed by atoms with Crippen molar-refractivity contribution in [3.63, 3.8) is 0 Å². The SMILES string of the molecule is O=C(Nc1ccc2c(c1)OCO2)C1CCN(C(=O)Cc2csc(-c3ccccc3Cl)n2)CC1. The number of hydrogen-bond acceptors (Lipinski definition) is 6. The molecule has 0 unspecified atom stereocenters. The Labute approximate surface area is 200 Å². The topological polar surface area (TPSA) is 80.8 Å². The van der Waals surface area contributed by atoms with Gasteiger partial charge in [0.25, 0.3) is 0 Å². The van der Waals surface area contributed by atoms with Gasteiger partial charge in [-0.05, 0) is 31.0 Å². The Kier molecular flexibility index (Phi) is 6.20. The van der Waals surface area contributed by atoms with Crippen molar-refractivity contribution in [2.45, 2.75) is 19.3 Å². The van der Waals surface area contributed by atoms with Crippen LogP contribution in [0.25, 0.3) is 10.6 Å². The highest BCUT2D eigenvalue weighted by Crippen LogP contribution is 2.34. The molecule has 0 bridgehead atoms. The van der Waals surface area contributed by atoms with E-state index in [0.29, 0.717) is 48.1 Å². The molecule has 5 rings (SSSR count). The van der Waals surface area contributed by atoms with E-state index in [2.05, 4.69) is 10.3 Å². The van der Waals surface area contributed by atoms with Crippen molar-refractivity contribution in [1.82, 2.24) is 9.88 Å². The van der Waals surface area contributed by atoms with Gasteiger partial charge in [-0.2, -0.15) is 0 Å². The van der Waals surface area contributed by atoms with E-state index in [9.17, 15) is 9.59 Å². The molecular weight excluding hydrogens is 462 g/mol. The number of likely N-dealkylation sites (tertiary alicyclic amines) is 1. The maximum atomic E-state index is 12.8. The first kappa shape index (κ1) is 21.7. The second-order valence-electron chi connectivity index (χ2n) is 8.01. The van der Waals surface area contributed by atoms with Gasteiger partial charge in [0.05, 0.1) is 17.1 Å². The highest BCUT2D eigenvalue weighted by atomic mass is 35.5. The average Bonchev–Trinajstić information content (AvgIpc) is 3.48. The molecule has 1 N–H and O–H groups in total. The van der Waals surface area contributed by atoms with Crippen molar-refractivity contribution in [2.75, 3.05) is 25.2 Å². The van der Waals surface area contributed by atoms with Gasteiger partial charge in [0.15, 0.2) is 11.5 Å². The summed E-state index contributed by atoms with van der Waals surface area (Å²) >= 11 is 7.74. The van der Waals surface area contributed by atoms with Crippen molar-refractivity contribution >= 4 is 40.4 Å². The molecule has 170 valence electrons. The molecule has 0 spiro atoms. The number of hydrogen-bond donors (Lipinski definition) is 1. The number of fused-ring (bicyclic) bond motifs is 1. The number of carbonyl (C=O) groups is 2. The quantitative estimate of drug-likeness (QED) is 0.573. The Bertz CT molecular complexity index is 1190. The number of ether oxygens (including phenoxy) is 2. The Balaban J connectivity index is 1.13. The molecule has 2 amide bonds. The summed E-state index contributed by atoms with van der Waals surface area (Å²) in [6.07, 6.45) is 1.50. The predicted octanol–water partition coefficient (Wildman–Crippen LogP) is 4.61. The molecule has 1 aromatic heterocycles. The van der Waals surface area contributed by atoms with Crippen LogP contribution >= 0.6 is 22.9 Å². The Hall–Kier alpha value is -3.10. The van der Waals surface area contributed by atoms with Gasteiger partial charge in [-0.25, -0.2) is 4.98 Å². The minimum atomic E-state index is -0.134. The molecule has 2 aliphatic rings. The number of aromatic nitrogens is 1. The zero-order chi connectivity index (χ0) is 22.8. The van der Waals surface area contributed by atoms with Crippen molar-refractivity contribution < 1.29 is 19.1 Å². The lowest BCUT2D eigenvalue weighted by Crippen LogP contribution is -2.42. The number of amides is 2. The van der Waals surface area contributed by atoms with Gasteiger partial charge in [0.1, 0.15) is 5.01 Å². The molecule has 1 saturated heterocycles. The van der Waals surface area contributed by atoms with Crippen LogP contribution in [0, 0.1) is 5.92 Å². The van der Waals surface area contributed by atoms with Gasteiger partial charge in [0.2, 0.25) is 18.6 Å². The predicted molar refractivity (Wildman–Crippen MR) is 127 cm³/mol. The number of anilines is 1. The van der Waals surface area contributed by atoms with Crippen molar-refractivity contribution in [2.24, 2.45) is 5.92 Å². The average molecular weight is 484 g/mol. The summed E-state index contributed by atoms with van der Waals surface area (Å²) in [5.74, 6) is 1.17. The van der Waals surface area contributed by atoms with Crippen molar-refractivity contribution in [1.29, 1.82) is 0 Å². The number of nitrogens with one attached hydrogen (secondary N) is 1. The molecule has 9 heteroatoms. The fraction of sp³-hybridized carbons (Fsp3) is 0.292. The molecule has 0 saturated carbocycles. The van der Waals surface area contributed by atoms with Crippen molar-refractivity contribution in [3.05, 3.63) is 58.6 Å². The standard InChI is InChI=1S/C24H22ClN3O4S/c25-19-4-2-1-3-18(19)24-27-17(13-33-24)12-22(29)28-9-7-15(8-10-28)23(30)26-16-5-6-20-21(11-16)32-14-31-20/h1-6,11,13,15H,7-10,12,14H2,(H,26,30). The molecule has 33 heavy (non-hydrogen) atoms. The second kappa shape index (κ2) is 9.41. The van der Waals surface area contributed by atoms with Crippen LogP contribution in [0.1, 0.15) is 18.5 Å². The summed E-state index contributed by atoms with van der Waals surface area (Å²) in [4.78, 5) is 31.9. The van der Waals surface area contributed by atoms with E-state index in [1.807, 2.05) is 34.5 Å². The monoisotopic (exact) mass is 483 g/mol. The number of piperidine rings is 1. The summed E-state index contributed by atoms with van der Waals surface area (Å²) < 4.78 is 10.7.